The summed E-state index contributed by atoms with van der Waals surface area (Å²) in [6.45, 7) is 9.46. The van der Waals surface area contributed by atoms with Crippen molar-refractivity contribution in [2.24, 2.45) is 0 Å². The molecule has 0 saturated carbocycles. The van der Waals surface area contributed by atoms with Crippen molar-refractivity contribution < 1.29 is 28.2 Å². The number of nitrogens with one attached hydrogen (secondary N) is 1. The number of aryl methyl sites for hydroxylation is 1. The average Bonchev–Trinajstić information content (AvgIpc) is 2.86. The van der Waals surface area contributed by atoms with Crippen molar-refractivity contribution in [3.8, 4) is 5.75 Å². The van der Waals surface area contributed by atoms with Gasteiger partial charge in [0.05, 0.1) is 30.3 Å². The standard InChI is InChI=1S/C30H31NO7/c1-6-35-29(33)26-18(4)31-19(5)27(30(34)36-7-2)28(26)20-9-8-10-22(14-20)37-16-21-15-25(32)38-24-13-17(3)11-12-23(21)24/h8-15,28,31H,6-7,16H2,1-5H3. The van der Waals surface area contributed by atoms with Gasteiger partial charge in [-0.2, -0.15) is 0 Å². The molecule has 2 aromatic carbocycles. The molecule has 1 aliphatic rings. The molecule has 0 atom stereocenters. The lowest BCUT2D eigenvalue weighted by atomic mass is 9.80. The maximum atomic E-state index is 13.0. The molecule has 38 heavy (non-hydrogen) atoms. The highest BCUT2D eigenvalue weighted by Crippen LogP contribution is 2.40. The Hall–Kier alpha value is -4.33. The number of hydrogen-bond acceptors (Lipinski definition) is 8. The SMILES string of the molecule is CCOC(=O)C1=C(C)NC(C)=C(C(=O)OCC)C1c1cccc(OCc2cc(=O)oc3cc(C)ccc23)c1. The monoisotopic (exact) mass is 517 g/mol. The van der Waals surface area contributed by atoms with Gasteiger partial charge >= 0.3 is 17.6 Å². The zero-order chi connectivity index (χ0) is 27.4. The van der Waals surface area contributed by atoms with E-state index in [1.54, 1.807) is 45.9 Å². The van der Waals surface area contributed by atoms with E-state index < -0.39 is 23.5 Å². The quantitative estimate of drug-likeness (QED) is 0.327. The van der Waals surface area contributed by atoms with Gasteiger partial charge in [0.1, 0.15) is 17.9 Å². The molecule has 3 aromatic rings. The number of allylic oxidation sites excluding steroid dienone is 2. The van der Waals surface area contributed by atoms with Crippen LogP contribution < -0.4 is 15.7 Å². The molecule has 0 amide bonds. The van der Waals surface area contributed by atoms with Gasteiger partial charge in [-0.15, -0.1) is 0 Å². The molecule has 2 heterocycles. The third kappa shape index (κ3) is 5.49. The minimum atomic E-state index is -0.717. The molecule has 1 aromatic heterocycles. The largest absolute Gasteiger partial charge is 0.489 e. The van der Waals surface area contributed by atoms with Crippen molar-refractivity contribution >= 4 is 22.9 Å². The summed E-state index contributed by atoms with van der Waals surface area (Å²) in [6.07, 6.45) is 0. The van der Waals surface area contributed by atoms with Crippen LogP contribution in [0, 0.1) is 6.92 Å². The van der Waals surface area contributed by atoms with E-state index in [0.29, 0.717) is 45.0 Å². The topological polar surface area (TPSA) is 104 Å². The highest BCUT2D eigenvalue weighted by Gasteiger charge is 2.38. The van der Waals surface area contributed by atoms with Gasteiger partial charge in [-0.25, -0.2) is 14.4 Å². The lowest BCUT2D eigenvalue weighted by Gasteiger charge is -2.30. The molecule has 0 aliphatic carbocycles. The van der Waals surface area contributed by atoms with E-state index in [1.807, 2.05) is 31.2 Å². The van der Waals surface area contributed by atoms with Crippen LogP contribution in [0.15, 0.2) is 80.3 Å². The van der Waals surface area contributed by atoms with Crippen LogP contribution in [0.25, 0.3) is 11.0 Å². The van der Waals surface area contributed by atoms with Crippen molar-refractivity contribution in [3.05, 3.63) is 98.2 Å². The fraction of sp³-hybridized carbons (Fsp3) is 0.300. The minimum Gasteiger partial charge on any atom is -0.489 e. The van der Waals surface area contributed by atoms with Gasteiger partial charge in [0, 0.05) is 28.4 Å². The van der Waals surface area contributed by atoms with Gasteiger partial charge in [0.15, 0.2) is 0 Å². The minimum absolute atomic E-state index is 0.125. The van der Waals surface area contributed by atoms with E-state index >= 15 is 0 Å². The third-order valence-corrected chi connectivity index (χ3v) is 6.32. The van der Waals surface area contributed by atoms with Crippen LogP contribution in [0.3, 0.4) is 0 Å². The number of esters is 2. The molecule has 4 rings (SSSR count). The van der Waals surface area contributed by atoms with Gasteiger partial charge in [0.2, 0.25) is 0 Å². The number of benzene rings is 2. The van der Waals surface area contributed by atoms with Crippen LogP contribution in [0.5, 0.6) is 5.75 Å². The number of fused-ring (bicyclic) bond motifs is 1. The molecule has 0 bridgehead atoms. The normalized spacial score (nSPS) is 13.9. The summed E-state index contributed by atoms with van der Waals surface area (Å²) in [7, 11) is 0. The van der Waals surface area contributed by atoms with E-state index in [2.05, 4.69) is 5.32 Å². The summed E-state index contributed by atoms with van der Waals surface area (Å²) >= 11 is 0. The zero-order valence-corrected chi connectivity index (χ0v) is 22.2. The van der Waals surface area contributed by atoms with Gasteiger partial charge in [-0.1, -0.05) is 24.3 Å². The summed E-state index contributed by atoms with van der Waals surface area (Å²) in [5.74, 6) is -1.23. The van der Waals surface area contributed by atoms with E-state index in [4.69, 9.17) is 18.6 Å². The van der Waals surface area contributed by atoms with Gasteiger partial charge in [0.25, 0.3) is 0 Å². The second-order valence-corrected chi connectivity index (χ2v) is 9.03. The molecule has 0 saturated heterocycles. The Morgan fingerprint density at radius 2 is 1.55 bits per heavy atom. The predicted molar refractivity (Wildman–Crippen MR) is 143 cm³/mol. The first-order valence-electron chi connectivity index (χ1n) is 12.5. The number of carbonyl (C=O) groups is 2. The van der Waals surface area contributed by atoms with Gasteiger partial charge in [-0.05, 0) is 63.9 Å². The Balaban J connectivity index is 1.72. The number of carbonyl (C=O) groups excluding carboxylic acids is 2. The molecule has 8 heteroatoms. The molecule has 1 N–H and O–H groups in total. The van der Waals surface area contributed by atoms with Crippen LogP contribution in [0.2, 0.25) is 0 Å². The summed E-state index contributed by atoms with van der Waals surface area (Å²) in [5.41, 5.74) is 4.25. The number of hydrogen-bond donors (Lipinski definition) is 1. The first kappa shape index (κ1) is 26.7. The fourth-order valence-corrected chi connectivity index (χ4v) is 4.69. The molecule has 0 spiro atoms. The first-order valence-corrected chi connectivity index (χ1v) is 12.5. The number of ether oxygens (including phenoxy) is 3. The lowest BCUT2D eigenvalue weighted by molar-refractivity contribution is -0.139. The van der Waals surface area contributed by atoms with Crippen LogP contribution in [-0.2, 0) is 25.7 Å². The summed E-state index contributed by atoms with van der Waals surface area (Å²) in [6, 6.07) is 14.3. The van der Waals surface area contributed by atoms with Gasteiger partial charge < -0.3 is 23.9 Å². The van der Waals surface area contributed by atoms with Gasteiger partial charge in [-0.3, -0.25) is 0 Å². The molecule has 0 unspecified atom stereocenters. The lowest BCUT2D eigenvalue weighted by Crippen LogP contribution is -2.32. The Morgan fingerprint density at radius 3 is 2.18 bits per heavy atom. The Kier molecular flexibility index (Phi) is 8.00. The molecular formula is C30H31NO7. The third-order valence-electron chi connectivity index (χ3n) is 6.32. The second kappa shape index (κ2) is 11.4. The van der Waals surface area contributed by atoms with Crippen molar-refractivity contribution in [3.63, 3.8) is 0 Å². The number of rotatable bonds is 8. The molecule has 0 fully saturated rings. The van der Waals surface area contributed by atoms with Crippen LogP contribution in [0.4, 0.5) is 0 Å². The smallest absolute Gasteiger partial charge is 0.336 e. The maximum absolute atomic E-state index is 13.0. The average molecular weight is 518 g/mol. The summed E-state index contributed by atoms with van der Waals surface area (Å²) in [4.78, 5) is 38.2. The summed E-state index contributed by atoms with van der Waals surface area (Å²) < 4.78 is 22.1. The second-order valence-electron chi connectivity index (χ2n) is 9.03. The molecule has 8 nitrogen and oxygen atoms in total. The molecule has 0 radical (unpaired) electrons. The Bertz CT molecular complexity index is 1470. The van der Waals surface area contributed by atoms with Crippen molar-refractivity contribution in [1.29, 1.82) is 0 Å². The fourth-order valence-electron chi connectivity index (χ4n) is 4.69. The van der Waals surface area contributed by atoms with Crippen molar-refractivity contribution in [2.75, 3.05) is 13.2 Å². The Morgan fingerprint density at radius 1 is 0.895 bits per heavy atom. The van der Waals surface area contributed by atoms with E-state index in [9.17, 15) is 14.4 Å². The summed E-state index contributed by atoms with van der Waals surface area (Å²) in [5, 5.41) is 3.92. The van der Waals surface area contributed by atoms with E-state index in [-0.39, 0.29) is 19.8 Å². The molecule has 198 valence electrons. The predicted octanol–water partition coefficient (Wildman–Crippen LogP) is 5.04. The zero-order valence-electron chi connectivity index (χ0n) is 22.2. The maximum Gasteiger partial charge on any atom is 0.336 e. The van der Waals surface area contributed by atoms with E-state index in [0.717, 1.165) is 10.9 Å². The molecular weight excluding hydrogens is 486 g/mol. The van der Waals surface area contributed by atoms with Crippen molar-refractivity contribution in [2.45, 2.75) is 47.1 Å². The Labute approximate surface area is 220 Å². The van der Waals surface area contributed by atoms with Crippen LogP contribution >= 0.6 is 0 Å². The van der Waals surface area contributed by atoms with E-state index in [1.165, 1.54) is 6.07 Å². The molecule has 1 aliphatic heterocycles. The van der Waals surface area contributed by atoms with Crippen LogP contribution in [-0.4, -0.2) is 25.2 Å². The highest BCUT2D eigenvalue weighted by molar-refractivity contribution is 6.00. The number of dihydropyridines is 1. The highest BCUT2D eigenvalue weighted by atomic mass is 16.5. The first-order chi connectivity index (χ1) is 18.2. The van der Waals surface area contributed by atoms with Crippen molar-refractivity contribution in [1.82, 2.24) is 5.32 Å². The van der Waals surface area contributed by atoms with Crippen LogP contribution in [0.1, 0.15) is 50.3 Å².